The zero-order valence-electron chi connectivity index (χ0n) is 51.0. The van der Waals surface area contributed by atoms with E-state index in [0.29, 0.717) is 30.1 Å². The van der Waals surface area contributed by atoms with Crippen molar-refractivity contribution in [3.8, 4) is 34.5 Å². The summed E-state index contributed by atoms with van der Waals surface area (Å²) in [6, 6.07) is 45.7. The number of phenolic OH excluding ortho intramolecular Hbond substituents is 1. The van der Waals surface area contributed by atoms with Crippen molar-refractivity contribution in [2.24, 2.45) is 23.7 Å². The molecule has 16 nitrogen and oxygen atoms in total. The summed E-state index contributed by atoms with van der Waals surface area (Å²) in [6.07, 6.45) is -10.2. The number of ether oxygens (including phenoxy) is 10. The average Bonchev–Trinajstić information content (AvgIpc) is 2.40. The Labute approximate surface area is 521 Å². The molecule has 0 bridgehead atoms. The number of carbonyl (C=O) groups is 2. The molecule has 6 aromatic rings. The van der Waals surface area contributed by atoms with E-state index in [-0.39, 0.29) is 41.9 Å². The van der Waals surface area contributed by atoms with Crippen molar-refractivity contribution in [3.05, 3.63) is 179 Å². The number of para-hydroxylation sites is 3. The first-order valence-electron chi connectivity index (χ1n) is 29.1. The number of phenols is 1. The molecule has 20 heteroatoms. The van der Waals surface area contributed by atoms with Gasteiger partial charge in [-0.15, -0.1) is 0 Å². The Morgan fingerprint density at radius 1 is 0.477 bits per heavy atom. The number of methoxy groups -OCH3 is 3. The van der Waals surface area contributed by atoms with E-state index < -0.39 is 80.2 Å². The highest BCUT2D eigenvalue weighted by Gasteiger charge is 2.47. The largest absolute Gasteiger partial charge is 0.508 e. The molecule has 3 aliphatic rings. The van der Waals surface area contributed by atoms with Crippen molar-refractivity contribution in [3.63, 3.8) is 0 Å². The highest BCUT2D eigenvalue weighted by Crippen LogP contribution is 2.38. The predicted octanol–water partition coefficient (Wildman–Crippen LogP) is 11.3. The molecule has 88 heavy (non-hydrogen) atoms. The first-order chi connectivity index (χ1) is 42.1. The van der Waals surface area contributed by atoms with Crippen LogP contribution in [0.25, 0.3) is 0 Å². The number of hydrogen-bond donors (Lipinski definition) is 4. The zero-order valence-corrected chi connectivity index (χ0v) is 52.5. The van der Waals surface area contributed by atoms with Gasteiger partial charge in [-0.1, -0.05) is 135 Å². The van der Waals surface area contributed by atoms with E-state index >= 15 is 0 Å². The predicted molar refractivity (Wildman–Crippen MR) is 328 cm³/mol. The van der Waals surface area contributed by atoms with Gasteiger partial charge in [0.15, 0.2) is 6.17 Å². The first kappa shape index (κ1) is 70.2. The lowest BCUT2D eigenvalue weighted by Crippen LogP contribution is -2.58. The van der Waals surface area contributed by atoms with Crippen LogP contribution in [0, 0.1) is 23.7 Å². The molecule has 3 heterocycles. The van der Waals surface area contributed by atoms with Gasteiger partial charge in [-0.25, -0.2) is 13.2 Å². The van der Waals surface area contributed by atoms with Crippen molar-refractivity contribution in [1.29, 1.82) is 0 Å². The van der Waals surface area contributed by atoms with Gasteiger partial charge in [-0.2, -0.15) is 0 Å². The van der Waals surface area contributed by atoms with Crippen LogP contribution in [-0.4, -0.2) is 140 Å². The molecule has 0 aliphatic carbocycles. The van der Waals surface area contributed by atoms with Gasteiger partial charge < -0.3 is 67.8 Å². The third-order valence-electron chi connectivity index (χ3n) is 15.6. The van der Waals surface area contributed by atoms with Crippen LogP contribution in [0.1, 0.15) is 74.9 Å². The van der Waals surface area contributed by atoms with Gasteiger partial charge in [-0.3, -0.25) is 9.59 Å². The number of carbonyl (C=O) groups excluding carboxylic acids is 2. The van der Waals surface area contributed by atoms with Gasteiger partial charge in [-0.05, 0) is 106 Å². The quantitative estimate of drug-likeness (QED) is 0.0466. The van der Waals surface area contributed by atoms with E-state index in [4.69, 9.17) is 47.4 Å². The Morgan fingerprint density at radius 2 is 0.852 bits per heavy atom. The maximum absolute atomic E-state index is 14.7. The van der Waals surface area contributed by atoms with E-state index in [1.165, 1.54) is 13.8 Å². The van der Waals surface area contributed by atoms with Crippen LogP contribution >= 0.6 is 15.9 Å². The average molecular weight is 1290 g/mol. The lowest BCUT2D eigenvalue weighted by Gasteiger charge is -2.41. The monoisotopic (exact) mass is 1290 g/mol. The minimum atomic E-state index is -1.89. The van der Waals surface area contributed by atoms with E-state index in [2.05, 4.69) is 15.9 Å². The lowest BCUT2D eigenvalue weighted by atomic mass is 9.85. The number of benzene rings is 6. The summed E-state index contributed by atoms with van der Waals surface area (Å²) in [4.78, 5) is 21.7. The third-order valence-corrected chi connectivity index (χ3v) is 16.7. The summed E-state index contributed by atoms with van der Waals surface area (Å²) in [5.74, 6) is 2.56. The van der Waals surface area contributed by atoms with Crippen molar-refractivity contribution in [2.75, 3.05) is 41.2 Å². The molecule has 3 saturated heterocycles. The summed E-state index contributed by atoms with van der Waals surface area (Å²) < 4.78 is 96.1. The van der Waals surface area contributed by atoms with E-state index in [9.17, 15) is 43.2 Å². The fourth-order valence-electron chi connectivity index (χ4n) is 9.75. The van der Waals surface area contributed by atoms with Crippen LogP contribution in [0.3, 0.4) is 0 Å². The third kappa shape index (κ3) is 20.3. The summed E-state index contributed by atoms with van der Waals surface area (Å²) in [7, 11) is 4.89. The van der Waals surface area contributed by atoms with Crippen LogP contribution in [0.15, 0.2) is 146 Å². The molecule has 0 aromatic heterocycles. The molecule has 3 fully saturated rings. The second-order valence-electron chi connectivity index (χ2n) is 21.8. The lowest BCUT2D eigenvalue weighted by molar-refractivity contribution is -0.265. The van der Waals surface area contributed by atoms with Crippen molar-refractivity contribution >= 4 is 27.9 Å². The molecule has 4 N–H and O–H groups in total. The van der Waals surface area contributed by atoms with Crippen molar-refractivity contribution in [2.45, 2.75) is 127 Å². The van der Waals surface area contributed by atoms with Crippen molar-refractivity contribution in [1.82, 2.24) is 0 Å². The molecule has 15 unspecified atom stereocenters. The second kappa shape index (κ2) is 34.7. The molecule has 15 atom stereocenters. The standard InChI is InChI=1S/C24H29FO5.C20H23FO6.C14H14O2.C10H16BrFO3/c1-15-16(2)24(30-22(23(15)25)14-28-17(3)26)29-21-8-6-5-7-19(21)13-18-9-11-20(27-4)12-10-18;1-25-14-8-6-12(7-9-14)10-13-4-2-3-5-15(13)26-20-19(24)18(23)17(21)16(11-22)27-20;1-16-13-8-6-11(7-9-13)10-12-4-2-3-5-14(12)15;1-5-6(2)10(11)15-8(9(5)12)4-14-7(3)13/h5-12,15-16,22-24H,13-14H2,1-4H3;2-9,16-20,22-24H,10-11H2,1H3;2-9,15H,10H2,1H3;5-6,8-10H,4H2,1-3H3. The zero-order chi connectivity index (χ0) is 64.0. The number of halogens is 4. The van der Waals surface area contributed by atoms with Gasteiger partial charge >= 0.3 is 11.9 Å². The number of esters is 2. The molecule has 0 amide bonds. The second-order valence-corrected chi connectivity index (χ2v) is 22.7. The van der Waals surface area contributed by atoms with Crippen LogP contribution < -0.4 is 23.7 Å². The maximum atomic E-state index is 14.7. The highest BCUT2D eigenvalue weighted by atomic mass is 79.9. The van der Waals surface area contributed by atoms with E-state index in [1.54, 1.807) is 39.5 Å². The van der Waals surface area contributed by atoms with E-state index in [1.807, 2.05) is 155 Å². The van der Waals surface area contributed by atoms with Crippen LogP contribution in [0.4, 0.5) is 13.2 Å². The topological polar surface area (TPSA) is 207 Å². The minimum absolute atomic E-state index is 0.0182. The number of aliphatic hydroxyl groups excluding tert-OH is 3. The van der Waals surface area contributed by atoms with Gasteiger partial charge in [0.25, 0.3) is 0 Å². The summed E-state index contributed by atoms with van der Waals surface area (Å²) in [5.41, 5.74) is 6.07. The smallest absolute Gasteiger partial charge is 0.302 e. The Bertz CT molecular complexity index is 3050. The van der Waals surface area contributed by atoms with Crippen LogP contribution in [0.5, 0.6) is 34.5 Å². The Hall–Kier alpha value is -6.91. The Kier molecular flexibility index (Phi) is 27.7. The van der Waals surface area contributed by atoms with Gasteiger partial charge in [0.05, 0.1) is 27.9 Å². The number of aromatic hydroxyl groups is 1. The molecule has 478 valence electrons. The van der Waals surface area contributed by atoms with Crippen LogP contribution in [-0.2, 0) is 52.5 Å². The van der Waals surface area contributed by atoms with Crippen molar-refractivity contribution < 1.29 is 90.6 Å². The molecular formula is C68H82BrF3O16. The number of alkyl halides is 4. The number of aliphatic hydroxyl groups is 3. The molecule has 0 saturated carbocycles. The van der Waals surface area contributed by atoms with E-state index in [0.717, 1.165) is 57.1 Å². The Morgan fingerprint density at radius 3 is 1.27 bits per heavy atom. The maximum Gasteiger partial charge on any atom is 0.302 e. The fourth-order valence-corrected chi connectivity index (χ4v) is 10.5. The molecular weight excluding hydrogens is 1210 g/mol. The van der Waals surface area contributed by atoms with Crippen LogP contribution in [0.2, 0.25) is 0 Å². The summed E-state index contributed by atoms with van der Waals surface area (Å²) in [6.45, 7) is 9.34. The molecule has 6 aromatic carbocycles. The van der Waals surface area contributed by atoms with Gasteiger partial charge in [0, 0.05) is 39.0 Å². The minimum Gasteiger partial charge on any atom is -0.508 e. The SMILES string of the molecule is CC(=O)OCC1OC(Br)C(C)C(C)C1F.COc1ccc(Cc2ccccc2O)cc1.COc1ccc(Cc2ccccc2OC2OC(CO)C(F)C(O)C2O)cc1.COc1ccc(Cc2ccccc2OC2OC(COC(C)=O)C(F)C(C)C2C)cc1. The molecule has 3 aliphatic heterocycles. The summed E-state index contributed by atoms with van der Waals surface area (Å²) >= 11 is 3.34. The molecule has 9 rings (SSSR count). The first-order valence-corrected chi connectivity index (χ1v) is 30.0. The fraction of sp³-hybridized carbons (Fsp3) is 0.441. The molecule has 0 radical (unpaired) electrons. The number of hydrogen-bond acceptors (Lipinski definition) is 16. The molecule has 0 spiro atoms. The number of rotatable bonds is 18. The summed E-state index contributed by atoms with van der Waals surface area (Å²) in [5, 5.41) is 38.6. The van der Waals surface area contributed by atoms with Gasteiger partial charge in [0.2, 0.25) is 12.6 Å². The highest BCUT2D eigenvalue weighted by molar-refractivity contribution is 9.09. The Balaban J connectivity index is 0.000000195. The van der Waals surface area contributed by atoms with Gasteiger partial charge in [0.1, 0.15) is 95.6 Å². The normalized spacial score (nSPS) is 26.3.